The van der Waals surface area contributed by atoms with Gasteiger partial charge in [0.25, 0.3) is 0 Å². The molecule has 118 valence electrons. The Hall–Kier alpha value is -0.640. The minimum absolute atomic E-state index is 0.0413. The van der Waals surface area contributed by atoms with Gasteiger partial charge in [-0.25, -0.2) is 4.39 Å². The van der Waals surface area contributed by atoms with Gasteiger partial charge in [0.15, 0.2) is 0 Å². The highest BCUT2D eigenvalue weighted by molar-refractivity contribution is 6.31. The highest BCUT2D eigenvalue weighted by Gasteiger charge is 2.35. The number of benzene rings is 1. The Kier molecular flexibility index (Phi) is 5.29. The van der Waals surface area contributed by atoms with E-state index >= 15 is 0 Å². The molecular formula is C17H26ClFN2. The van der Waals surface area contributed by atoms with Gasteiger partial charge in [0.05, 0.1) is 5.02 Å². The highest BCUT2D eigenvalue weighted by atomic mass is 35.5. The summed E-state index contributed by atoms with van der Waals surface area (Å²) < 4.78 is 13.6. The van der Waals surface area contributed by atoms with Crippen molar-refractivity contribution in [2.75, 3.05) is 13.1 Å². The maximum Gasteiger partial charge on any atom is 0.142 e. The number of piperazine rings is 1. The van der Waals surface area contributed by atoms with E-state index in [2.05, 4.69) is 37.9 Å². The largest absolute Gasteiger partial charge is 0.311 e. The van der Waals surface area contributed by atoms with Crippen molar-refractivity contribution in [1.29, 1.82) is 0 Å². The molecule has 1 aliphatic heterocycles. The highest BCUT2D eigenvalue weighted by Crippen LogP contribution is 2.28. The Morgan fingerprint density at radius 2 is 2.19 bits per heavy atom. The van der Waals surface area contributed by atoms with Gasteiger partial charge in [-0.15, -0.1) is 0 Å². The number of nitrogens with zero attached hydrogens (tertiary/aromatic N) is 1. The molecule has 0 saturated carbocycles. The number of nitrogens with one attached hydrogen (secondary N) is 1. The first kappa shape index (κ1) is 16.7. The van der Waals surface area contributed by atoms with Crippen molar-refractivity contribution in [3.63, 3.8) is 0 Å². The minimum atomic E-state index is -0.333. The fourth-order valence-electron chi connectivity index (χ4n) is 2.86. The quantitative estimate of drug-likeness (QED) is 0.901. The molecule has 1 aromatic carbocycles. The van der Waals surface area contributed by atoms with Crippen LogP contribution in [0, 0.1) is 11.7 Å². The third-order valence-electron chi connectivity index (χ3n) is 4.79. The molecule has 0 radical (unpaired) electrons. The van der Waals surface area contributed by atoms with Crippen LogP contribution < -0.4 is 5.32 Å². The third-order valence-corrected chi connectivity index (χ3v) is 5.22. The zero-order chi connectivity index (χ0) is 15.6. The zero-order valence-corrected chi connectivity index (χ0v) is 14.2. The van der Waals surface area contributed by atoms with E-state index in [1.165, 1.54) is 6.07 Å². The SMILES string of the molecule is CCC(C)C1CN(Cc2cccc(F)c2Cl)C(C)(C)CN1. The summed E-state index contributed by atoms with van der Waals surface area (Å²) in [6, 6.07) is 5.55. The van der Waals surface area contributed by atoms with Crippen molar-refractivity contribution in [2.45, 2.75) is 52.2 Å². The van der Waals surface area contributed by atoms with Gasteiger partial charge < -0.3 is 5.32 Å². The van der Waals surface area contributed by atoms with Gasteiger partial charge in [-0.2, -0.15) is 0 Å². The van der Waals surface area contributed by atoms with Crippen molar-refractivity contribution in [3.05, 3.63) is 34.6 Å². The lowest BCUT2D eigenvalue weighted by Gasteiger charge is -2.47. The maximum atomic E-state index is 13.6. The van der Waals surface area contributed by atoms with E-state index in [0.29, 0.717) is 18.5 Å². The number of rotatable bonds is 4. The van der Waals surface area contributed by atoms with Gasteiger partial charge in [0, 0.05) is 31.2 Å². The monoisotopic (exact) mass is 312 g/mol. The molecule has 0 bridgehead atoms. The van der Waals surface area contributed by atoms with E-state index in [0.717, 1.165) is 25.1 Å². The molecular weight excluding hydrogens is 287 g/mol. The molecule has 1 N–H and O–H groups in total. The van der Waals surface area contributed by atoms with Crippen LogP contribution in [0.4, 0.5) is 4.39 Å². The Bertz CT molecular complexity index is 490. The van der Waals surface area contributed by atoms with Gasteiger partial charge in [0.2, 0.25) is 0 Å². The molecule has 1 aromatic rings. The molecule has 1 saturated heterocycles. The lowest BCUT2D eigenvalue weighted by atomic mass is 9.90. The average Bonchev–Trinajstić information content (AvgIpc) is 2.45. The summed E-state index contributed by atoms with van der Waals surface area (Å²) in [5, 5.41) is 3.91. The van der Waals surface area contributed by atoms with E-state index in [1.807, 2.05) is 6.07 Å². The van der Waals surface area contributed by atoms with Gasteiger partial charge in [-0.05, 0) is 31.4 Å². The van der Waals surface area contributed by atoms with Crippen molar-refractivity contribution < 1.29 is 4.39 Å². The molecule has 2 rings (SSSR count). The number of halogens is 2. The summed E-state index contributed by atoms with van der Waals surface area (Å²) in [5.41, 5.74) is 0.911. The Morgan fingerprint density at radius 3 is 2.86 bits per heavy atom. The molecule has 2 atom stereocenters. The second-order valence-corrected chi connectivity index (χ2v) is 7.16. The molecule has 21 heavy (non-hydrogen) atoms. The van der Waals surface area contributed by atoms with E-state index < -0.39 is 0 Å². The molecule has 1 fully saturated rings. The topological polar surface area (TPSA) is 15.3 Å². The van der Waals surface area contributed by atoms with Crippen LogP contribution in [0.5, 0.6) is 0 Å². The molecule has 2 unspecified atom stereocenters. The molecule has 0 amide bonds. The lowest BCUT2D eigenvalue weighted by Crippen LogP contribution is -2.62. The van der Waals surface area contributed by atoms with Crippen LogP contribution in [-0.4, -0.2) is 29.6 Å². The van der Waals surface area contributed by atoms with Crippen LogP contribution in [0.3, 0.4) is 0 Å². The maximum absolute atomic E-state index is 13.6. The first-order valence-electron chi connectivity index (χ1n) is 7.76. The lowest BCUT2D eigenvalue weighted by molar-refractivity contribution is 0.0448. The van der Waals surface area contributed by atoms with Crippen LogP contribution >= 0.6 is 11.6 Å². The summed E-state index contributed by atoms with van der Waals surface area (Å²) in [5.74, 6) is 0.298. The first-order chi connectivity index (χ1) is 9.85. The standard InChI is InChI=1S/C17H26ClFN2/c1-5-12(2)15-10-21(17(3,4)11-20-15)9-13-7-6-8-14(19)16(13)18/h6-8,12,15,20H,5,9-11H2,1-4H3. The summed E-state index contributed by atoms with van der Waals surface area (Å²) in [6.07, 6.45) is 1.16. The Morgan fingerprint density at radius 1 is 1.48 bits per heavy atom. The second-order valence-electron chi connectivity index (χ2n) is 6.78. The Labute approximate surface area is 132 Å². The normalized spacial score (nSPS) is 24.0. The molecule has 1 heterocycles. The molecule has 4 heteroatoms. The summed E-state index contributed by atoms with van der Waals surface area (Å²) in [7, 11) is 0. The predicted molar refractivity (Wildman–Crippen MR) is 87.1 cm³/mol. The fraction of sp³-hybridized carbons (Fsp3) is 0.647. The van der Waals surface area contributed by atoms with Crippen LogP contribution in [0.25, 0.3) is 0 Å². The zero-order valence-electron chi connectivity index (χ0n) is 13.4. The average molecular weight is 313 g/mol. The number of hydrogen-bond donors (Lipinski definition) is 1. The van der Waals surface area contributed by atoms with Crippen molar-refractivity contribution in [3.8, 4) is 0 Å². The van der Waals surface area contributed by atoms with Crippen LogP contribution in [0.15, 0.2) is 18.2 Å². The van der Waals surface area contributed by atoms with Gasteiger partial charge in [0.1, 0.15) is 5.82 Å². The predicted octanol–water partition coefficient (Wildman–Crippen LogP) is 4.08. The van der Waals surface area contributed by atoms with Crippen molar-refractivity contribution in [2.24, 2.45) is 5.92 Å². The van der Waals surface area contributed by atoms with Gasteiger partial charge in [-0.1, -0.05) is 44.0 Å². The Balaban J connectivity index is 2.16. The van der Waals surface area contributed by atoms with Crippen LogP contribution in [0.2, 0.25) is 5.02 Å². The first-order valence-corrected chi connectivity index (χ1v) is 8.14. The van der Waals surface area contributed by atoms with E-state index in [-0.39, 0.29) is 16.4 Å². The van der Waals surface area contributed by atoms with Crippen LogP contribution in [0.1, 0.15) is 39.7 Å². The van der Waals surface area contributed by atoms with E-state index in [9.17, 15) is 4.39 Å². The number of hydrogen-bond acceptors (Lipinski definition) is 2. The van der Waals surface area contributed by atoms with Crippen molar-refractivity contribution in [1.82, 2.24) is 10.2 Å². The minimum Gasteiger partial charge on any atom is -0.311 e. The third kappa shape index (κ3) is 3.77. The fourth-order valence-corrected chi connectivity index (χ4v) is 3.05. The smallest absolute Gasteiger partial charge is 0.142 e. The molecule has 2 nitrogen and oxygen atoms in total. The van der Waals surface area contributed by atoms with E-state index in [4.69, 9.17) is 11.6 Å². The second kappa shape index (κ2) is 6.64. The molecule has 0 aliphatic carbocycles. The summed E-state index contributed by atoms with van der Waals surface area (Å²) in [6.45, 7) is 11.5. The molecule has 0 spiro atoms. The summed E-state index contributed by atoms with van der Waals surface area (Å²) >= 11 is 6.11. The van der Waals surface area contributed by atoms with Crippen molar-refractivity contribution >= 4 is 11.6 Å². The van der Waals surface area contributed by atoms with Gasteiger partial charge in [-0.3, -0.25) is 4.90 Å². The van der Waals surface area contributed by atoms with Gasteiger partial charge >= 0.3 is 0 Å². The van der Waals surface area contributed by atoms with E-state index in [1.54, 1.807) is 6.07 Å². The van der Waals surface area contributed by atoms with Crippen LogP contribution in [-0.2, 0) is 6.54 Å². The molecule has 1 aliphatic rings. The molecule has 0 aromatic heterocycles. The summed E-state index contributed by atoms with van der Waals surface area (Å²) in [4.78, 5) is 2.42.